The number of halogens is 1. The van der Waals surface area contributed by atoms with Crippen LogP contribution in [-0.4, -0.2) is 29.9 Å². The molecule has 1 fully saturated rings. The Morgan fingerprint density at radius 3 is 3.08 bits per heavy atom. The molecule has 0 amide bonds. The second-order valence-electron chi connectivity index (χ2n) is 2.58. The molecule has 0 radical (unpaired) electrons. The molecule has 4 nitrogen and oxygen atoms in total. The quantitative estimate of drug-likeness (QED) is 0.676. The SMILES string of the molecule is Cl.c1cc(C2CNCCO2)[nH]n1. The van der Waals surface area contributed by atoms with E-state index in [1.165, 1.54) is 0 Å². The summed E-state index contributed by atoms with van der Waals surface area (Å²) in [6.07, 6.45) is 1.90. The minimum Gasteiger partial charge on any atom is -0.369 e. The summed E-state index contributed by atoms with van der Waals surface area (Å²) in [7, 11) is 0. The summed E-state index contributed by atoms with van der Waals surface area (Å²) < 4.78 is 5.49. The smallest absolute Gasteiger partial charge is 0.111 e. The number of nitrogens with zero attached hydrogens (tertiary/aromatic N) is 1. The molecular weight excluding hydrogens is 178 g/mol. The van der Waals surface area contributed by atoms with Gasteiger partial charge in [0.25, 0.3) is 0 Å². The molecule has 5 heteroatoms. The number of H-pyrrole nitrogens is 1. The van der Waals surface area contributed by atoms with Gasteiger partial charge in [0, 0.05) is 19.3 Å². The van der Waals surface area contributed by atoms with Crippen molar-refractivity contribution in [2.45, 2.75) is 6.10 Å². The first-order valence-electron chi connectivity index (χ1n) is 3.78. The van der Waals surface area contributed by atoms with E-state index in [0.29, 0.717) is 0 Å². The lowest BCUT2D eigenvalue weighted by Crippen LogP contribution is -2.33. The average Bonchev–Trinajstić information content (AvgIpc) is 2.58. The van der Waals surface area contributed by atoms with E-state index in [1.807, 2.05) is 6.07 Å². The Labute approximate surface area is 77.1 Å². The van der Waals surface area contributed by atoms with Gasteiger partial charge in [0.2, 0.25) is 0 Å². The Kier molecular flexibility index (Phi) is 3.52. The third-order valence-electron chi connectivity index (χ3n) is 1.80. The first-order valence-corrected chi connectivity index (χ1v) is 3.78. The predicted octanol–water partition coefficient (Wildman–Crippen LogP) is 0.492. The van der Waals surface area contributed by atoms with E-state index >= 15 is 0 Å². The summed E-state index contributed by atoms with van der Waals surface area (Å²) in [5.41, 5.74) is 1.05. The van der Waals surface area contributed by atoms with Crippen LogP contribution in [0.15, 0.2) is 12.3 Å². The lowest BCUT2D eigenvalue weighted by Gasteiger charge is -2.22. The standard InChI is InChI=1S/C7H11N3O.ClH/c1-2-9-10-6(1)7-5-8-3-4-11-7;/h1-2,7-8H,3-5H2,(H,9,10);1H. The van der Waals surface area contributed by atoms with E-state index in [0.717, 1.165) is 25.4 Å². The van der Waals surface area contributed by atoms with E-state index in [9.17, 15) is 0 Å². The van der Waals surface area contributed by atoms with Gasteiger partial charge < -0.3 is 10.1 Å². The number of morpholine rings is 1. The highest BCUT2D eigenvalue weighted by molar-refractivity contribution is 5.85. The van der Waals surface area contributed by atoms with Gasteiger partial charge in [-0.05, 0) is 6.07 Å². The van der Waals surface area contributed by atoms with Crippen LogP contribution in [0.5, 0.6) is 0 Å². The second-order valence-corrected chi connectivity index (χ2v) is 2.58. The van der Waals surface area contributed by atoms with Crippen LogP contribution in [0.25, 0.3) is 0 Å². The number of nitrogens with one attached hydrogen (secondary N) is 2. The Bertz CT molecular complexity index is 208. The van der Waals surface area contributed by atoms with Crippen molar-refractivity contribution in [1.29, 1.82) is 0 Å². The lowest BCUT2D eigenvalue weighted by molar-refractivity contribution is 0.0250. The van der Waals surface area contributed by atoms with Gasteiger partial charge in [-0.1, -0.05) is 0 Å². The molecule has 12 heavy (non-hydrogen) atoms. The lowest BCUT2D eigenvalue weighted by atomic mass is 10.2. The number of rotatable bonds is 1. The molecule has 2 N–H and O–H groups in total. The van der Waals surface area contributed by atoms with Crippen molar-refractivity contribution in [3.8, 4) is 0 Å². The molecule has 0 spiro atoms. The average molecular weight is 190 g/mol. The monoisotopic (exact) mass is 189 g/mol. The van der Waals surface area contributed by atoms with E-state index in [4.69, 9.17) is 4.74 Å². The van der Waals surface area contributed by atoms with Gasteiger partial charge >= 0.3 is 0 Å². The topological polar surface area (TPSA) is 49.9 Å². The van der Waals surface area contributed by atoms with Gasteiger partial charge in [-0.25, -0.2) is 0 Å². The number of ether oxygens (including phenoxy) is 1. The predicted molar refractivity (Wildman–Crippen MR) is 47.4 cm³/mol. The van der Waals surface area contributed by atoms with Crippen molar-refractivity contribution in [1.82, 2.24) is 15.5 Å². The second kappa shape index (κ2) is 4.45. The summed E-state index contributed by atoms with van der Waals surface area (Å²) >= 11 is 0. The van der Waals surface area contributed by atoms with E-state index in [1.54, 1.807) is 6.20 Å². The molecule has 1 aliphatic rings. The van der Waals surface area contributed by atoms with Crippen LogP contribution >= 0.6 is 12.4 Å². The van der Waals surface area contributed by atoms with Gasteiger partial charge in [-0.2, -0.15) is 5.10 Å². The van der Waals surface area contributed by atoms with Gasteiger partial charge in [0.1, 0.15) is 6.10 Å². The van der Waals surface area contributed by atoms with Gasteiger partial charge in [-0.3, -0.25) is 5.10 Å². The summed E-state index contributed by atoms with van der Waals surface area (Å²) in [4.78, 5) is 0. The van der Waals surface area contributed by atoms with E-state index in [-0.39, 0.29) is 18.5 Å². The molecule has 1 atom stereocenters. The fraction of sp³-hybridized carbons (Fsp3) is 0.571. The molecule has 1 saturated heterocycles. The molecule has 0 aliphatic carbocycles. The number of hydrogen-bond donors (Lipinski definition) is 2. The van der Waals surface area contributed by atoms with E-state index < -0.39 is 0 Å². The zero-order valence-electron chi connectivity index (χ0n) is 6.62. The van der Waals surface area contributed by atoms with Crippen molar-refractivity contribution >= 4 is 12.4 Å². The zero-order valence-corrected chi connectivity index (χ0v) is 7.43. The molecule has 1 aromatic heterocycles. The number of aromatic nitrogens is 2. The van der Waals surface area contributed by atoms with Crippen molar-refractivity contribution < 1.29 is 4.74 Å². The molecule has 1 aromatic rings. The fourth-order valence-electron chi connectivity index (χ4n) is 1.21. The Morgan fingerprint density at radius 1 is 1.58 bits per heavy atom. The molecule has 2 rings (SSSR count). The molecule has 1 aliphatic heterocycles. The molecule has 68 valence electrons. The summed E-state index contributed by atoms with van der Waals surface area (Å²) in [5, 5.41) is 10.0. The zero-order chi connectivity index (χ0) is 7.52. The summed E-state index contributed by atoms with van der Waals surface area (Å²) in [6, 6.07) is 1.94. The molecule has 0 bridgehead atoms. The number of hydrogen-bond acceptors (Lipinski definition) is 3. The first kappa shape index (κ1) is 9.51. The van der Waals surface area contributed by atoms with Gasteiger partial charge in [0.05, 0.1) is 12.3 Å². The molecule has 0 aromatic carbocycles. The third kappa shape index (κ3) is 1.97. The maximum absolute atomic E-state index is 5.49. The summed E-state index contributed by atoms with van der Waals surface area (Å²) in [5.74, 6) is 0. The number of aromatic amines is 1. The largest absolute Gasteiger partial charge is 0.369 e. The third-order valence-corrected chi connectivity index (χ3v) is 1.80. The van der Waals surface area contributed by atoms with Crippen molar-refractivity contribution in [3.05, 3.63) is 18.0 Å². The Balaban J connectivity index is 0.000000720. The van der Waals surface area contributed by atoms with Crippen molar-refractivity contribution in [2.24, 2.45) is 0 Å². The Morgan fingerprint density at radius 2 is 2.50 bits per heavy atom. The van der Waals surface area contributed by atoms with Crippen LogP contribution in [0.3, 0.4) is 0 Å². The Hall–Kier alpha value is -0.580. The summed E-state index contributed by atoms with van der Waals surface area (Å²) in [6.45, 7) is 2.61. The normalized spacial score (nSPS) is 23.2. The molecule has 0 saturated carbocycles. The van der Waals surface area contributed by atoms with Crippen LogP contribution in [0.1, 0.15) is 11.8 Å². The maximum atomic E-state index is 5.49. The minimum absolute atomic E-state index is 0. The highest BCUT2D eigenvalue weighted by atomic mass is 35.5. The van der Waals surface area contributed by atoms with E-state index in [2.05, 4.69) is 15.5 Å². The highest BCUT2D eigenvalue weighted by Gasteiger charge is 2.15. The molecular formula is C7H12ClN3O. The van der Waals surface area contributed by atoms with Crippen LogP contribution in [0.2, 0.25) is 0 Å². The molecule has 1 unspecified atom stereocenters. The van der Waals surface area contributed by atoms with Gasteiger partial charge in [0.15, 0.2) is 0 Å². The van der Waals surface area contributed by atoms with Crippen LogP contribution in [-0.2, 0) is 4.74 Å². The van der Waals surface area contributed by atoms with Crippen molar-refractivity contribution in [2.75, 3.05) is 19.7 Å². The van der Waals surface area contributed by atoms with Gasteiger partial charge in [-0.15, -0.1) is 12.4 Å². The highest BCUT2D eigenvalue weighted by Crippen LogP contribution is 2.14. The van der Waals surface area contributed by atoms with Crippen LogP contribution in [0, 0.1) is 0 Å². The first-order chi connectivity index (χ1) is 5.47. The van der Waals surface area contributed by atoms with Crippen LogP contribution in [0.4, 0.5) is 0 Å². The minimum atomic E-state index is 0. The van der Waals surface area contributed by atoms with Crippen molar-refractivity contribution in [3.63, 3.8) is 0 Å². The molecule has 2 heterocycles. The van der Waals surface area contributed by atoms with Crippen LogP contribution < -0.4 is 5.32 Å². The maximum Gasteiger partial charge on any atom is 0.111 e. The fourth-order valence-corrected chi connectivity index (χ4v) is 1.21.